The van der Waals surface area contributed by atoms with Crippen molar-refractivity contribution in [3.63, 3.8) is 0 Å². The summed E-state index contributed by atoms with van der Waals surface area (Å²) in [5.41, 5.74) is 3.16. The molecule has 176 valence electrons. The quantitative estimate of drug-likeness (QED) is 0.605. The van der Waals surface area contributed by atoms with E-state index in [1.807, 2.05) is 45.0 Å². The molecule has 1 heterocycles. The number of carbonyl (C=O) groups is 3. The number of ether oxygens (including phenoxy) is 2. The van der Waals surface area contributed by atoms with Crippen LogP contribution in [0.2, 0.25) is 0 Å². The lowest BCUT2D eigenvalue weighted by molar-refractivity contribution is -0.127. The molecule has 8 nitrogen and oxygen atoms in total. The summed E-state index contributed by atoms with van der Waals surface area (Å²) in [4.78, 5) is 39.5. The van der Waals surface area contributed by atoms with E-state index in [1.165, 1.54) is 12.0 Å². The molecule has 1 saturated heterocycles. The van der Waals surface area contributed by atoms with E-state index in [0.717, 1.165) is 17.5 Å². The Morgan fingerprint density at radius 3 is 2.58 bits per heavy atom. The monoisotopic (exact) mass is 453 g/mol. The predicted octanol–water partition coefficient (Wildman–Crippen LogP) is 3.56. The number of cyclic esters (lactones) is 1. The second-order valence-corrected chi connectivity index (χ2v) is 8.29. The van der Waals surface area contributed by atoms with Crippen molar-refractivity contribution in [3.8, 4) is 0 Å². The Kier molecular flexibility index (Phi) is 8.06. The van der Waals surface area contributed by atoms with Gasteiger partial charge in [-0.15, -0.1) is 0 Å². The van der Waals surface area contributed by atoms with Crippen molar-refractivity contribution in [1.29, 1.82) is 0 Å². The molecule has 2 aromatic carbocycles. The van der Waals surface area contributed by atoms with Crippen LogP contribution in [0.5, 0.6) is 0 Å². The highest BCUT2D eigenvalue weighted by atomic mass is 16.6. The Balaban J connectivity index is 1.90. The van der Waals surface area contributed by atoms with E-state index in [4.69, 9.17) is 9.47 Å². The zero-order chi connectivity index (χ0) is 24.0. The summed E-state index contributed by atoms with van der Waals surface area (Å²) in [6, 6.07) is 13.9. The van der Waals surface area contributed by atoms with Crippen molar-refractivity contribution >= 4 is 23.6 Å². The van der Waals surface area contributed by atoms with E-state index in [-0.39, 0.29) is 31.0 Å². The van der Waals surface area contributed by atoms with Gasteiger partial charge < -0.3 is 20.1 Å². The van der Waals surface area contributed by atoms with E-state index in [1.54, 1.807) is 24.3 Å². The lowest BCUT2D eigenvalue weighted by atomic mass is 9.99. The molecule has 1 aliphatic heterocycles. The molecule has 3 rings (SSSR count). The average molecular weight is 454 g/mol. The van der Waals surface area contributed by atoms with Gasteiger partial charge >= 0.3 is 6.09 Å². The molecule has 0 spiro atoms. The molecule has 0 aliphatic carbocycles. The van der Waals surface area contributed by atoms with Crippen molar-refractivity contribution in [2.24, 2.45) is 0 Å². The van der Waals surface area contributed by atoms with Crippen LogP contribution in [0.25, 0.3) is 0 Å². The van der Waals surface area contributed by atoms with E-state index in [2.05, 4.69) is 10.6 Å². The Labute approximate surface area is 194 Å². The maximum absolute atomic E-state index is 13.3. The number of amides is 3. The van der Waals surface area contributed by atoms with Crippen LogP contribution in [-0.4, -0.2) is 48.6 Å². The molecule has 2 N–H and O–H groups in total. The highest BCUT2D eigenvalue weighted by Gasteiger charge is 2.47. The van der Waals surface area contributed by atoms with Crippen molar-refractivity contribution in [2.75, 3.05) is 19.0 Å². The molecule has 0 bridgehead atoms. The number of hydrogen-bond acceptors (Lipinski definition) is 5. The predicted molar refractivity (Wildman–Crippen MR) is 125 cm³/mol. The molecule has 8 heteroatoms. The van der Waals surface area contributed by atoms with Crippen LogP contribution in [0.15, 0.2) is 48.5 Å². The number of carbonyl (C=O) groups excluding carboxylic acids is 3. The molecular formula is C25H31N3O5. The van der Waals surface area contributed by atoms with Crippen molar-refractivity contribution < 1.29 is 23.9 Å². The summed E-state index contributed by atoms with van der Waals surface area (Å²) in [5, 5.41) is 5.72. The van der Waals surface area contributed by atoms with Gasteiger partial charge in [-0.05, 0) is 43.5 Å². The third kappa shape index (κ3) is 6.10. The van der Waals surface area contributed by atoms with E-state index in [0.29, 0.717) is 11.3 Å². The van der Waals surface area contributed by atoms with E-state index >= 15 is 0 Å². The first-order valence-electron chi connectivity index (χ1n) is 11.0. The van der Waals surface area contributed by atoms with E-state index in [9.17, 15) is 14.4 Å². The van der Waals surface area contributed by atoms with Crippen LogP contribution in [0.4, 0.5) is 10.5 Å². The standard InChI is InChI=1S/C25H31N3O5/c1-5-17(3)26-24(30)22-23(19-7-6-8-20(13-19)27-21(29)15-32-4)33-25(31)28(22)14-18-11-9-16(2)10-12-18/h6-13,17,22-23H,5,14-15H2,1-4H3,(H,26,30)(H,27,29). The minimum absolute atomic E-state index is 0.0465. The number of rotatable bonds is 9. The van der Waals surface area contributed by atoms with Gasteiger partial charge in [-0.1, -0.05) is 48.9 Å². The van der Waals surface area contributed by atoms with Gasteiger partial charge in [-0.3, -0.25) is 14.5 Å². The first-order valence-corrected chi connectivity index (χ1v) is 11.0. The average Bonchev–Trinajstić information content (AvgIpc) is 3.11. The van der Waals surface area contributed by atoms with Gasteiger partial charge in [0, 0.05) is 18.8 Å². The van der Waals surface area contributed by atoms with Gasteiger partial charge in [0.1, 0.15) is 6.61 Å². The lowest BCUT2D eigenvalue weighted by Crippen LogP contribution is -2.48. The fraction of sp³-hybridized carbons (Fsp3) is 0.400. The highest BCUT2D eigenvalue weighted by Crippen LogP contribution is 2.35. The topological polar surface area (TPSA) is 97.0 Å². The van der Waals surface area contributed by atoms with Gasteiger partial charge in [0.2, 0.25) is 11.8 Å². The molecule has 1 fully saturated rings. The zero-order valence-electron chi connectivity index (χ0n) is 19.5. The molecule has 3 atom stereocenters. The summed E-state index contributed by atoms with van der Waals surface area (Å²) < 4.78 is 10.6. The molecule has 0 aromatic heterocycles. The van der Waals surface area contributed by atoms with Crippen LogP contribution < -0.4 is 10.6 Å². The van der Waals surface area contributed by atoms with Gasteiger partial charge in [-0.25, -0.2) is 4.79 Å². The van der Waals surface area contributed by atoms with Gasteiger partial charge in [0.15, 0.2) is 12.1 Å². The maximum Gasteiger partial charge on any atom is 0.411 e. The number of benzene rings is 2. The fourth-order valence-electron chi connectivity index (χ4n) is 3.65. The number of nitrogens with zero attached hydrogens (tertiary/aromatic N) is 1. The third-order valence-electron chi connectivity index (χ3n) is 5.60. The smallest absolute Gasteiger partial charge is 0.411 e. The number of methoxy groups -OCH3 is 1. The second-order valence-electron chi connectivity index (χ2n) is 8.29. The normalized spacial score (nSPS) is 18.5. The third-order valence-corrected chi connectivity index (χ3v) is 5.60. The summed E-state index contributed by atoms with van der Waals surface area (Å²) >= 11 is 0. The molecule has 2 aromatic rings. The SMILES string of the molecule is CCC(C)NC(=O)C1C(c2cccc(NC(=O)COC)c2)OC(=O)N1Cc1ccc(C)cc1. The summed E-state index contributed by atoms with van der Waals surface area (Å²) in [5.74, 6) is -0.578. The van der Waals surface area contributed by atoms with Crippen molar-refractivity contribution in [3.05, 3.63) is 65.2 Å². The van der Waals surface area contributed by atoms with E-state index < -0.39 is 18.2 Å². The minimum Gasteiger partial charge on any atom is -0.438 e. The van der Waals surface area contributed by atoms with Gasteiger partial charge in [-0.2, -0.15) is 0 Å². The van der Waals surface area contributed by atoms with Crippen LogP contribution >= 0.6 is 0 Å². The molecule has 3 unspecified atom stereocenters. The Morgan fingerprint density at radius 1 is 1.18 bits per heavy atom. The second kappa shape index (κ2) is 11.0. The first-order chi connectivity index (χ1) is 15.8. The Hall–Kier alpha value is -3.39. The van der Waals surface area contributed by atoms with Crippen LogP contribution in [0, 0.1) is 6.92 Å². The van der Waals surface area contributed by atoms with Crippen LogP contribution in [-0.2, 0) is 25.6 Å². The number of aryl methyl sites for hydroxylation is 1. The largest absolute Gasteiger partial charge is 0.438 e. The highest BCUT2D eigenvalue weighted by molar-refractivity contribution is 5.92. The van der Waals surface area contributed by atoms with Crippen molar-refractivity contribution in [2.45, 2.75) is 51.9 Å². The minimum atomic E-state index is -0.849. The summed E-state index contributed by atoms with van der Waals surface area (Å²) in [6.07, 6.45) is -0.610. The van der Waals surface area contributed by atoms with Crippen LogP contribution in [0.1, 0.15) is 43.1 Å². The molecular weight excluding hydrogens is 422 g/mol. The zero-order valence-corrected chi connectivity index (χ0v) is 19.5. The van der Waals surface area contributed by atoms with Crippen molar-refractivity contribution in [1.82, 2.24) is 10.2 Å². The summed E-state index contributed by atoms with van der Waals surface area (Å²) in [7, 11) is 1.44. The molecule has 3 amide bonds. The van der Waals surface area contributed by atoms with Crippen LogP contribution in [0.3, 0.4) is 0 Å². The number of anilines is 1. The molecule has 33 heavy (non-hydrogen) atoms. The molecule has 0 radical (unpaired) electrons. The number of hydrogen-bond donors (Lipinski definition) is 2. The maximum atomic E-state index is 13.3. The molecule has 1 aliphatic rings. The van der Waals surface area contributed by atoms with Gasteiger partial charge in [0.25, 0.3) is 0 Å². The Bertz CT molecular complexity index is 992. The molecule has 0 saturated carbocycles. The fourth-order valence-corrected chi connectivity index (χ4v) is 3.65. The number of nitrogens with one attached hydrogen (secondary N) is 2. The Morgan fingerprint density at radius 2 is 1.91 bits per heavy atom. The van der Waals surface area contributed by atoms with Gasteiger partial charge in [0.05, 0.1) is 6.54 Å². The lowest BCUT2D eigenvalue weighted by Gasteiger charge is -2.26. The first kappa shape index (κ1) is 24.3. The summed E-state index contributed by atoms with van der Waals surface area (Å²) in [6.45, 7) is 6.06.